The molecule has 9 nitrogen and oxygen atoms in total. The van der Waals surface area contributed by atoms with Crippen LogP contribution in [0.25, 0.3) is 0 Å². The fraction of sp³-hybridized carbons (Fsp3) is 0.316. The fourth-order valence-corrected chi connectivity index (χ4v) is 7.70. The van der Waals surface area contributed by atoms with E-state index in [1.54, 1.807) is 30.0 Å². The van der Waals surface area contributed by atoms with Gasteiger partial charge in [0.15, 0.2) is 9.84 Å². The molecule has 49 heavy (non-hydrogen) atoms. The van der Waals surface area contributed by atoms with Crippen LogP contribution in [0.3, 0.4) is 0 Å². The fourth-order valence-electron chi connectivity index (χ4n) is 6.00. The van der Waals surface area contributed by atoms with Gasteiger partial charge in [0.05, 0.1) is 24.2 Å². The largest absolute Gasteiger partial charge is 0.453 e. The minimum absolute atomic E-state index is 0.00127. The maximum atomic E-state index is 14.1. The molecule has 0 aromatic heterocycles. The zero-order valence-electron chi connectivity index (χ0n) is 27.7. The van der Waals surface area contributed by atoms with Crippen LogP contribution in [0, 0.1) is 0 Å². The highest BCUT2D eigenvalue weighted by molar-refractivity contribution is 7.99. The van der Waals surface area contributed by atoms with Crippen LogP contribution in [0.5, 0.6) is 0 Å². The van der Waals surface area contributed by atoms with Gasteiger partial charge in [-0.15, -0.1) is 11.8 Å². The molecule has 5 rings (SSSR count). The molecule has 1 aliphatic heterocycles. The molecule has 1 heterocycles. The monoisotopic (exact) mass is 701 g/mol. The van der Waals surface area contributed by atoms with E-state index < -0.39 is 27.9 Å². The van der Waals surface area contributed by atoms with Crippen molar-refractivity contribution in [1.29, 1.82) is 0 Å². The Balaban J connectivity index is 1.22. The van der Waals surface area contributed by atoms with Gasteiger partial charge in [-0.2, -0.15) is 0 Å². The van der Waals surface area contributed by atoms with Gasteiger partial charge in [-0.1, -0.05) is 84.9 Å². The normalized spacial score (nSPS) is 16.9. The third-order valence-corrected chi connectivity index (χ3v) is 10.7. The summed E-state index contributed by atoms with van der Waals surface area (Å²) < 4.78 is 35.2. The van der Waals surface area contributed by atoms with Gasteiger partial charge in [-0.25, -0.2) is 13.2 Å². The number of thioether (sulfide) groups is 1. The Morgan fingerprint density at radius 1 is 0.898 bits per heavy atom. The molecule has 0 spiro atoms. The third-order valence-electron chi connectivity index (χ3n) is 8.44. The van der Waals surface area contributed by atoms with Crippen molar-refractivity contribution in [2.75, 3.05) is 37.5 Å². The van der Waals surface area contributed by atoms with E-state index in [9.17, 15) is 18.0 Å². The molecule has 1 saturated heterocycles. The van der Waals surface area contributed by atoms with Crippen LogP contribution in [0.15, 0.2) is 119 Å². The summed E-state index contributed by atoms with van der Waals surface area (Å²) in [6, 6.07) is 33.1. The van der Waals surface area contributed by atoms with Crippen molar-refractivity contribution in [3.63, 3.8) is 0 Å². The molecule has 0 aliphatic carbocycles. The first-order chi connectivity index (χ1) is 23.7. The summed E-state index contributed by atoms with van der Waals surface area (Å²) in [5.74, 6) is -0.101. The van der Waals surface area contributed by atoms with E-state index in [4.69, 9.17) is 9.47 Å². The number of anilines is 1. The number of nitrogens with one attached hydrogen (secondary N) is 3. The lowest BCUT2D eigenvalue weighted by atomic mass is 9.84. The predicted molar refractivity (Wildman–Crippen MR) is 194 cm³/mol. The highest BCUT2D eigenvalue weighted by Gasteiger charge is 2.33. The van der Waals surface area contributed by atoms with Crippen molar-refractivity contribution in [3.05, 3.63) is 126 Å². The molecular weight excluding hydrogens is 659 g/mol. The molecule has 0 bridgehead atoms. The first kappa shape index (κ1) is 36.1. The highest BCUT2D eigenvalue weighted by Crippen LogP contribution is 2.30. The molecule has 0 saturated carbocycles. The SMILES string of the molecule is COC(=O)N[C@H](C(=O)Nc1ccccc1CCC[C@@H]1CNC[C@@H](CSc2cccc(S(C)(=O)=O)c2)O1)C(c1ccccc1)c1ccccc1. The van der Waals surface area contributed by atoms with Crippen molar-refractivity contribution < 1.29 is 27.5 Å². The first-order valence-electron chi connectivity index (χ1n) is 16.3. The molecule has 3 atom stereocenters. The van der Waals surface area contributed by atoms with Crippen molar-refractivity contribution >= 4 is 39.3 Å². The number of alkyl carbamates (subject to hydrolysis) is 1. The average Bonchev–Trinajstić information content (AvgIpc) is 3.12. The summed E-state index contributed by atoms with van der Waals surface area (Å²) in [5.41, 5.74) is 3.46. The van der Waals surface area contributed by atoms with Gasteiger partial charge in [0.25, 0.3) is 0 Å². The molecule has 3 N–H and O–H groups in total. The predicted octanol–water partition coefficient (Wildman–Crippen LogP) is 6.06. The zero-order valence-corrected chi connectivity index (χ0v) is 29.3. The number of carbonyl (C=O) groups excluding carboxylic acids is 2. The van der Waals surface area contributed by atoms with E-state index >= 15 is 0 Å². The smallest absolute Gasteiger partial charge is 0.407 e. The van der Waals surface area contributed by atoms with Gasteiger partial charge in [0.2, 0.25) is 5.91 Å². The van der Waals surface area contributed by atoms with E-state index in [1.165, 1.54) is 13.4 Å². The maximum Gasteiger partial charge on any atom is 0.407 e. The highest BCUT2D eigenvalue weighted by atomic mass is 32.2. The number of morpholine rings is 1. The molecule has 0 unspecified atom stereocenters. The molecule has 1 fully saturated rings. The summed E-state index contributed by atoms with van der Waals surface area (Å²) in [7, 11) is -1.98. The summed E-state index contributed by atoms with van der Waals surface area (Å²) >= 11 is 1.59. The number of hydrogen-bond acceptors (Lipinski definition) is 8. The van der Waals surface area contributed by atoms with Crippen molar-refractivity contribution in [3.8, 4) is 0 Å². The van der Waals surface area contributed by atoms with Crippen LogP contribution >= 0.6 is 11.8 Å². The maximum absolute atomic E-state index is 14.1. The lowest BCUT2D eigenvalue weighted by Gasteiger charge is -2.31. The van der Waals surface area contributed by atoms with E-state index in [1.807, 2.05) is 91.0 Å². The Kier molecular flexibility index (Phi) is 12.9. The van der Waals surface area contributed by atoms with Crippen LogP contribution in [0.4, 0.5) is 10.5 Å². The Bertz CT molecular complexity index is 1750. The van der Waals surface area contributed by atoms with Crippen LogP contribution in [-0.2, 0) is 30.5 Å². The number of para-hydroxylation sites is 1. The Morgan fingerprint density at radius 2 is 1.55 bits per heavy atom. The van der Waals surface area contributed by atoms with Gasteiger partial charge in [-0.05, 0) is 60.2 Å². The standard InChI is InChI=1S/C38H43N3O6S2/c1-46-38(43)41-36(35(28-14-5-3-6-15-28)29-16-7-4-8-17-29)37(42)40-34-22-10-9-13-27(34)18-11-19-30-24-39-25-31(47-30)26-48-32-20-12-21-33(23-32)49(2,44)45/h3-10,12-17,20-23,30-31,35-36,39H,11,18-19,24-26H2,1-2H3,(H,40,42)(H,41,43)/t30-,31+,36+/m1/s1. The Labute approximate surface area is 293 Å². The molecule has 1 aliphatic rings. The molecule has 4 aromatic rings. The number of benzene rings is 4. The summed E-state index contributed by atoms with van der Waals surface area (Å²) in [4.78, 5) is 27.8. The Hall–Kier alpha value is -4.16. The van der Waals surface area contributed by atoms with Gasteiger partial charge >= 0.3 is 6.09 Å². The Morgan fingerprint density at radius 3 is 2.22 bits per heavy atom. The van der Waals surface area contributed by atoms with Crippen LogP contribution in [-0.4, -0.2) is 70.9 Å². The first-order valence-corrected chi connectivity index (χ1v) is 19.2. The van der Waals surface area contributed by atoms with E-state index in [2.05, 4.69) is 16.0 Å². The number of amides is 2. The number of carbonyl (C=O) groups is 2. The van der Waals surface area contributed by atoms with Crippen LogP contribution < -0.4 is 16.0 Å². The number of methoxy groups -OCH3 is 1. The number of ether oxygens (including phenoxy) is 2. The quantitative estimate of drug-likeness (QED) is 0.136. The molecule has 258 valence electrons. The molecule has 4 aromatic carbocycles. The molecule has 0 radical (unpaired) electrons. The topological polar surface area (TPSA) is 123 Å². The molecule has 2 amide bonds. The lowest BCUT2D eigenvalue weighted by molar-refractivity contribution is -0.118. The summed E-state index contributed by atoms with van der Waals surface area (Å²) in [5, 5.41) is 9.38. The average molecular weight is 702 g/mol. The third kappa shape index (κ3) is 10.4. The minimum atomic E-state index is -3.26. The second-order valence-electron chi connectivity index (χ2n) is 12.0. The van der Waals surface area contributed by atoms with E-state index in [0.717, 1.165) is 53.9 Å². The van der Waals surface area contributed by atoms with Gasteiger partial charge < -0.3 is 25.4 Å². The van der Waals surface area contributed by atoms with Crippen molar-refractivity contribution in [2.45, 2.75) is 53.2 Å². The van der Waals surface area contributed by atoms with Gasteiger partial charge in [0.1, 0.15) is 6.04 Å². The number of rotatable bonds is 14. The van der Waals surface area contributed by atoms with Gasteiger partial charge in [-0.3, -0.25) is 4.79 Å². The number of hydrogen-bond donors (Lipinski definition) is 3. The second kappa shape index (κ2) is 17.5. The minimum Gasteiger partial charge on any atom is -0.453 e. The molecular formula is C38H43N3O6S2. The van der Waals surface area contributed by atoms with Crippen LogP contribution in [0.1, 0.15) is 35.4 Å². The van der Waals surface area contributed by atoms with Gasteiger partial charge in [0, 0.05) is 41.6 Å². The summed E-state index contributed by atoms with van der Waals surface area (Å²) in [6.45, 7) is 1.49. The zero-order chi connectivity index (χ0) is 34.6. The molecule has 11 heteroatoms. The lowest BCUT2D eigenvalue weighted by Crippen LogP contribution is -2.48. The van der Waals surface area contributed by atoms with Crippen LogP contribution in [0.2, 0.25) is 0 Å². The van der Waals surface area contributed by atoms with Crippen molar-refractivity contribution in [1.82, 2.24) is 10.6 Å². The van der Waals surface area contributed by atoms with Crippen molar-refractivity contribution in [2.24, 2.45) is 0 Å². The number of sulfone groups is 1. The van der Waals surface area contributed by atoms with E-state index in [-0.39, 0.29) is 18.1 Å². The second-order valence-corrected chi connectivity index (χ2v) is 15.2. The van der Waals surface area contributed by atoms with E-state index in [0.29, 0.717) is 16.3 Å². The summed E-state index contributed by atoms with van der Waals surface area (Å²) in [6.07, 6.45) is 2.96. The number of aryl methyl sites for hydroxylation is 1.